The summed E-state index contributed by atoms with van der Waals surface area (Å²) in [6, 6.07) is -2.33. The fourth-order valence-corrected chi connectivity index (χ4v) is 13.9. The number of ether oxygens (including phenoxy) is 10. The predicted octanol–water partition coefficient (Wildman–Crippen LogP) is 18.5. The molecule has 100 heavy (non-hydrogen) atoms. The molecule has 20 nitrogen and oxygen atoms in total. The van der Waals surface area contributed by atoms with Gasteiger partial charge in [0.15, 0.2) is 18.7 Å². The first-order valence-electron chi connectivity index (χ1n) is 39.2. The Morgan fingerprint density at radius 1 is 0.460 bits per heavy atom. The number of methoxy groups -OCH3 is 2. The largest absolute Gasteiger partial charge is 0.509 e. The summed E-state index contributed by atoms with van der Waals surface area (Å²) in [6.07, 6.45) is 38.0. The smallest absolute Gasteiger partial charge is 0.430 e. The van der Waals surface area contributed by atoms with Crippen LogP contribution in [0.2, 0.25) is 0 Å². The molecule has 2 N–H and O–H groups in total. The number of carbonyl (C=O) groups is 4. The molecule has 2 amide bonds. The number of rotatable bonds is 69. The molecule has 0 saturated carbocycles. The number of nitrogens with one attached hydrogen (secondary N) is 2. The van der Waals surface area contributed by atoms with Crippen LogP contribution in [0, 0.1) is 0 Å². The third-order valence-electron chi connectivity index (χ3n) is 18.2. The van der Waals surface area contributed by atoms with Crippen LogP contribution in [0.1, 0.15) is 285 Å². The van der Waals surface area contributed by atoms with E-state index < -0.39 is 94.2 Å². The fourth-order valence-electron chi connectivity index (χ4n) is 12.6. The first kappa shape index (κ1) is 92.5. The Morgan fingerprint density at radius 2 is 0.910 bits per heavy atom. The first-order valence-corrected chi connectivity index (χ1v) is 40.7. The average molecular weight is 1440 g/mol. The van der Waals surface area contributed by atoms with Gasteiger partial charge < -0.3 is 58.0 Å². The maximum atomic E-state index is 14.8. The molecule has 2 aliphatic heterocycles. The van der Waals surface area contributed by atoms with Crippen molar-refractivity contribution in [2.75, 3.05) is 67.1 Å². The highest BCUT2D eigenvalue weighted by molar-refractivity contribution is 7.48. The van der Waals surface area contributed by atoms with Gasteiger partial charge in [-0.25, -0.2) is 9.36 Å². The third kappa shape index (κ3) is 43.6. The number of hydrogen-bond donors (Lipinski definition) is 2. The van der Waals surface area contributed by atoms with Gasteiger partial charge in [-0.1, -0.05) is 251 Å². The van der Waals surface area contributed by atoms with Crippen molar-refractivity contribution in [1.82, 2.24) is 10.6 Å². The summed E-state index contributed by atoms with van der Waals surface area (Å²) in [5.74, 6) is -1.11. The highest BCUT2D eigenvalue weighted by atomic mass is 31.2. The van der Waals surface area contributed by atoms with E-state index in [4.69, 9.17) is 60.9 Å². The number of ketones is 1. The van der Waals surface area contributed by atoms with Gasteiger partial charge in [-0.15, -0.1) is 19.7 Å². The molecule has 580 valence electrons. The minimum atomic E-state index is -4.49. The molecule has 0 bridgehead atoms. The molecule has 2 heterocycles. The van der Waals surface area contributed by atoms with Crippen LogP contribution in [0.15, 0.2) is 62.8 Å². The van der Waals surface area contributed by atoms with Gasteiger partial charge in [0.1, 0.15) is 55.0 Å². The summed E-state index contributed by atoms with van der Waals surface area (Å²) < 4.78 is 96.9. The summed E-state index contributed by atoms with van der Waals surface area (Å²) in [5.41, 5.74) is 0. The first-order chi connectivity index (χ1) is 48.8. The Labute approximate surface area is 606 Å². The number of hydrogen-bond acceptors (Lipinski definition) is 18. The van der Waals surface area contributed by atoms with Gasteiger partial charge in [-0.05, 0) is 57.8 Å². The number of carbonyl (C=O) groups excluding carboxylic acids is 4. The van der Waals surface area contributed by atoms with E-state index in [0.717, 1.165) is 141 Å². The molecular formula is C79H141N2O18P. The Kier molecular flexibility index (Phi) is 58.0. The quantitative estimate of drug-likeness (QED) is 0.0190. The SMILES string of the molecule is C=CCOC(=O)O[C@H]1[C@H](OCCCCCCCCCC)[C@@H](NC(=O)CC(=O)CCCCCCCCCCC)[C@@H](OCC=C)O[C@@H]1CO[C@@H]1O[C@H](COC)[C@@H](OP(=O)(OCC=C)OCC=C)[C@H](OCC[C@@H](CCCCCCC)OC)[C@H]1NC(=O)CCCCCCCCC/C=C\CCCCCC. The predicted molar refractivity (Wildman–Crippen MR) is 398 cm³/mol. The molecule has 0 aromatic carbocycles. The van der Waals surface area contributed by atoms with Crippen molar-refractivity contribution in [3.8, 4) is 0 Å². The molecular weight excluding hydrogens is 1300 g/mol. The molecule has 0 unspecified atom stereocenters. The highest BCUT2D eigenvalue weighted by Gasteiger charge is 2.54. The Balaban J connectivity index is 2.74. The third-order valence-corrected chi connectivity index (χ3v) is 19.6. The molecule has 2 fully saturated rings. The van der Waals surface area contributed by atoms with Crippen LogP contribution in [0.3, 0.4) is 0 Å². The lowest BCUT2D eigenvalue weighted by Gasteiger charge is -2.48. The number of Topliss-reactive ketones (excluding diaryl/α,β-unsaturated/α-hetero) is 1. The molecule has 0 radical (unpaired) electrons. The van der Waals surface area contributed by atoms with Crippen LogP contribution in [0.4, 0.5) is 4.79 Å². The van der Waals surface area contributed by atoms with Crippen LogP contribution in [0.5, 0.6) is 0 Å². The molecule has 2 rings (SSSR count). The van der Waals surface area contributed by atoms with Crippen LogP contribution in [-0.4, -0.2) is 158 Å². The van der Waals surface area contributed by atoms with Gasteiger partial charge in [0.25, 0.3) is 0 Å². The van der Waals surface area contributed by atoms with Crippen molar-refractivity contribution in [2.24, 2.45) is 0 Å². The normalized spacial score (nSPS) is 21.2. The molecule has 0 aliphatic carbocycles. The van der Waals surface area contributed by atoms with E-state index in [1.165, 1.54) is 102 Å². The summed E-state index contributed by atoms with van der Waals surface area (Å²) >= 11 is 0. The van der Waals surface area contributed by atoms with E-state index in [9.17, 15) is 23.7 Å². The van der Waals surface area contributed by atoms with E-state index in [1.54, 1.807) is 7.11 Å². The zero-order chi connectivity index (χ0) is 73.0. The number of unbranched alkanes of at least 4 members (excludes halogenated alkanes) is 30. The Morgan fingerprint density at radius 3 is 1.44 bits per heavy atom. The van der Waals surface area contributed by atoms with Crippen molar-refractivity contribution in [3.63, 3.8) is 0 Å². The summed E-state index contributed by atoms with van der Waals surface area (Å²) in [7, 11) is -1.33. The Bertz CT molecular complexity index is 2160. The lowest BCUT2D eigenvalue weighted by atomic mass is 9.95. The van der Waals surface area contributed by atoms with E-state index in [0.29, 0.717) is 25.7 Å². The van der Waals surface area contributed by atoms with Crippen molar-refractivity contribution in [1.29, 1.82) is 0 Å². The maximum absolute atomic E-state index is 14.8. The van der Waals surface area contributed by atoms with E-state index in [1.807, 2.05) is 0 Å². The minimum Gasteiger partial charge on any atom is -0.430 e. The fraction of sp³-hybridized carbons (Fsp3) is 0.823. The Hall–Kier alpha value is -3.63. The van der Waals surface area contributed by atoms with Gasteiger partial charge in [-0.2, -0.15) is 0 Å². The summed E-state index contributed by atoms with van der Waals surface area (Å²) in [4.78, 5) is 56.2. The van der Waals surface area contributed by atoms with Crippen LogP contribution >= 0.6 is 7.82 Å². The van der Waals surface area contributed by atoms with Gasteiger partial charge >= 0.3 is 14.0 Å². The van der Waals surface area contributed by atoms with Crippen molar-refractivity contribution in [3.05, 3.63) is 62.8 Å². The van der Waals surface area contributed by atoms with Crippen molar-refractivity contribution < 1.29 is 84.7 Å². The zero-order valence-electron chi connectivity index (χ0n) is 63.4. The minimum absolute atomic E-state index is 0.0322. The van der Waals surface area contributed by atoms with E-state index in [2.05, 4.69) is 76.8 Å². The van der Waals surface area contributed by atoms with Crippen molar-refractivity contribution in [2.45, 2.75) is 352 Å². The molecule has 0 aromatic heterocycles. The molecule has 2 saturated heterocycles. The summed E-state index contributed by atoms with van der Waals surface area (Å²) in [5, 5.41) is 6.21. The lowest BCUT2D eigenvalue weighted by Crippen LogP contribution is -2.68. The molecule has 11 atom stereocenters. The van der Waals surface area contributed by atoms with Crippen LogP contribution in [0.25, 0.3) is 0 Å². The highest BCUT2D eigenvalue weighted by Crippen LogP contribution is 2.52. The molecule has 0 aromatic rings. The average Bonchev–Trinajstić information content (AvgIpc) is 0.780. The monoisotopic (exact) mass is 1440 g/mol. The van der Waals surface area contributed by atoms with Crippen molar-refractivity contribution >= 4 is 31.6 Å². The van der Waals surface area contributed by atoms with Gasteiger partial charge in [-0.3, -0.25) is 28.0 Å². The second-order valence-corrected chi connectivity index (χ2v) is 28.5. The number of phosphoric acid groups is 1. The zero-order valence-corrected chi connectivity index (χ0v) is 64.3. The maximum Gasteiger partial charge on any atom is 0.509 e. The second kappa shape index (κ2) is 62.7. The molecule has 21 heteroatoms. The number of phosphoric ester groups is 1. The van der Waals surface area contributed by atoms with Gasteiger partial charge in [0, 0.05) is 40.3 Å². The van der Waals surface area contributed by atoms with Crippen LogP contribution < -0.4 is 10.6 Å². The molecule has 0 spiro atoms. The number of amides is 2. The van der Waals surface area contributed by atoms with Crippen LogP contribution in [-0.2, 0) is 79.9 Å². The molecule has 2 aliphatic rings. The second-order valence-electron chi connectivity index (χ2n) is 26.9. The number of allylic oxidation sites excluding steroid dienone is 2. The van der Waals surface area contributed by atoms with Gasteiger partial charge in [0.05, 0.1) is 45.6 Å². The van der Waals surface area contributed by atoms with E-state index in [-0.39, 0.29) is 76.9 Å². The standard InChI is InChI=1S/C79H141N2O18P/c1-11-19-23-27-30-33-34-35-36-37-38-40-42-46-50-54-69(83)80-72-76(90-61-55-66(88-10)53-49-44-26-22-14-4)74(99-100(86,94-58-17-7)95-59-18-8)67(63-87-9)96-78(72)93-64-68-73(98-79(85)92-57-16-6)75(89-60-51-47-43-32-29-25-21-13-3)71(77(97-68)91-56-15-5)81-70(84)62-65(82)52-48-45-41-39-31-28-24-20-12-2/h15-18,33-34,66-68,71-78H,5-8,11-14,19-32,35-64H2,1-4,9-10H3,(H,80,83)(H,81,84)/b34-33-/t66-,67-,68-,71-,72-,73-,74-,75-,76-,77+,78-/m1/s1. The van der Waals surface area contributed by atoms with E-state index >= 15 is 0 Å². The topological polar surface area (TPSA) is 229 Å². The lowest BCUT2D eigenvalue weighted by molar-refractivity contribution is -0.307. The van der Waals surface area contributed by atoms with Gasteiger partial charge in [0.2, 0.25) is 11.8 Å². The summed E-state index contributed by atoms with van der Waals surface area (Å²) in [6.45, 7) is 23.0.